The number of piperidine rings is 1. The molecule has 174 valence electrons. The van der Waals surface area contributed by atoms with Crippen LogP contribution in [0.3, 0.4) is 0 Å². The van der Waals surface area contributed by atoms with Crippen molar-refractivity contribution < 1.29 is 34.1 Å². The SMILES string of the molecule is O=C(O)CC[C@@H](NC(=O)OCc1ccccc1)C(=O)C1NC(C(=O)O)CC2CCCCC21. The van der Waals surface area contributed by atoms with Crippen molar-refractivity contribution in [2.24, 2.45) is 11.8 Å². The van der Waals surface area contributed by atoms with Crippen LogP contribution in [0.25, 0.3) is 0 Å². The topological polar surface area (TPSA) is 142 Å². The highest BCUT2D eigenvalue weighted by Gasteiger charge is 2.45. The standard InChI is InChI=1S/C23H30N2O7/c26-19(27)11-10-17(25-23(31)32-13-14-6-2-1-3-7-14)21(28)20-16-9-5-4-8-15(16)12-18(24-20)22(29)30/h1-3,6-7,15-18,20,24H,4-5,8-13H2,(H,25,31)(H,26,27)(H,29,30)/t15?,16?,17-,18?,20?/m1/s1. The van der Waals surface area contributed by atoms with Gasteiger partial charge in [0.1, 0.15) is 12.6 Å². The first-order chi connectivity index (χ1) is 15.3. The Morgan fingerprint density at radius 2 is 1.81 bits per heavy atom. The lowest BCUT2D eigenvalue weighted by Gasteiger charge is -2.44. The van der Waals surface area contributed by atoms with E-state index in [9.17, 15) is 24.3 Å². The summed E-state index contributed by atoms with van der Waals surface area (Å²) in [6, 6.07) is 6.38. The van der Waals surface area contributed by atoms with Crippen LogP contribution in [0.15, 0.2) is 30.3 Å². The van der Waals surface area contributed by atoms with E-state index in [1.54, 1.807) is 12.1 Å². The number of carboxylic acids is 2. The number of fused-ring (bicyclic) bond motifs is 1. The molecule has 0 bridgehead atoms. The summed E-state index contributed by atoms with van der Waals surface area (Å²) in [4.78, 5) is 48.5. The predicted molar refractivity (Wildman–Crippen MR) is 114 cm³/mol. The highest BCUT2D eigenvalue weighted by molar-refractivity contribution is 5.93. The molecule has 1 aliphatic carbocycles. The molecular weight excluding hydrogens is 416 g/mol. The Morgan fingerprint density at radius 3 is 2.50 bits per heavy atom. The Balaban J connectivity index is 1.70. The minimum Gasteiger partial charge on any atom is -0.481 e. The molecule has 1 aromatic carbocycles. The predicted octanol–water partition coefficient (Wildman–Crippen LogP) is 2.34. The molecular formula is C23H30N2O7. The number of ketones is 1. The number of Topliss-reactive ketones (excluding diaryl/α,β-unsaturated/α-hetero) is 1. The van der Waals surface area contributed by atoms with Crippen molar-refractivity contribution in [1.82, 2.24) is 10.6 Å². The Hall–Kier alpha value is -2.94. The van der Waals surface area contributed by atoms with Gasteiger partial charge in [-0.05, 0) is 36.7 Å². The summed E-state index contributed by atoms with van der Waals surface area (Å²) < 4.78 is 5.20. The molecule has 2 fully saturated rings. The number of carbonyl (C=O) groups is 4. The smallest absolute Gasteiger partial charge is 0.408 e. The molecule has 5 atom stereocenters. The van der Waals surface area contributed by atoms with Gasteiger partial charge in [-0.2, -0.15) is 0 Å². The molecule has 1 aromatic rings. The second kappa shape index (κ2) is 11.1. The molecule has 3 rings (SSSR count). The summed E-state index contributed by atoms with van der Waals surface area (Å²) in [6.07, 6.45) is 2.87. The fourth-order valence-electron chi connectivity index (χ4n) is 4.82. The average Bonchev–Trinajstić information content (AvgIpc) is 2.79. The van der Waals surface area contributed by atoms with E-state index in [1.807, 2.05) is 18.2 Å². The van der Waals surface area contributed by atoms with Crippen LogP contribution in [-0.4, -0.2) is 52.2 Å². The molecule has 4 N–H and O–H groups in total. The first-order valence-corrected chi connectivity index (χ1v) is 11.1. The lowest BCUT2D eigenvalue weighted by molar-refractivity contribution is -0.143. The Labute approximate surface area is 186 Å². The third kappa shape index (κ3) is 6.29. The zero-order valence-electron chi connectivity index (χ0n) is 17.9. The van der Waals surface area contributed by atoms with E-state index in [0.717, 1.165) is 31.2 Å². The van der Waals surface area contributed by atoms with Gasteiger partial charge >= 0.3 is 18.0 Å². The van der Waals surface area contributed by atoms with Crippen LogP contribution in [0.5, 0.6) is 0 Å². The molecule has 0 aromatic heterocycles. The first kappa shape index (κ1) is 23.7. The van der Waals surface area contributed by atoms with Crippen molar-refractivity contribution in [1.29, 1.82) is 0 Å². The lowest BCUT2D eigenvalue weighted by Crippen LogP contribution is -2.62. The Bertz CT molecular complexity index is 829. The number of rotatable bonds is 9. The molecule has 1 saturated carbocycles. The number of hydrogen-bond acceptors (Lipinski definition) is 6. The van der Waals surface area contributed by atoms with Crippen LogP contribution in [0, 0.1) is 11.8 Å². The minimum absolute atomic E-state index is 0.0139. The van der Waals surface area contributed by atoms with Gasteiger partial charge in [0.15, 0.2) is 5.78 Å². The second-order valence-corrected chi connectivity index (χ2v) is 8.57. The molecule has 32 heavy (non-hydrogen) atoms. The number of aliphatic carboxylic acids is 2. The molecule has 9 heteroatoms. The molecule has 2 aliphatic rings. The number of ether oxygens (including phenoxy) is 1. The summed E-state index contributed by atoms with van der Waals surface area (Å²) in [7, 11) is 0. The monoisotopic (exact) mass is 446 g/mol. The van der Waals surface area contributed by atoms with Gasteiger partial charge in [-0.3, -0.25) is 19.7 Å². The van der Waals surface area contributed by atoms with Crippen LogP contribution < -0.4 is 10.6 Å². The third-order valence-electron chi connectivity index (χ3n) is 6.41. The summed E-state index contributed by atoms with van der Waals surface area (Å²) >= 11 is 0. The highest BCUT2D eigenvalue weighted by Crippen LogP contribution is 2.39. The number of alkyl carbamates (subject to hydrolysis) is 1. The number of hydrogen-bond donors (Lipinski definition) is 4. The van der Waals surface area contributed by atoms with Gasteiger partial charge < -0.3 is 20.3 Å². The number of benzene rings is 1. The first-order valence-electron chi connectivity index (χ1n) is 11.1. The largest absolute Gasteiger partial charge is 0.481 e. The molecule has 1 amide bonds. The average molecular weight is 447 g/mol. The van der Waals surface area contributed by atoms with E-state index in [2.05, 4.69) is 10.6 Å². The zero-order chi connectivity index (χ0) is 23.1. The van der Waals surface area contributed by atoms with Gasteiger partial charge in [-0.25, -0.2) is 4.79 Å². The second-order valence-electron chi connectivity index (χ2n) is 8.57. The van der Waals surface area contributed by atoms with E-state index >= 15 is 0 Å². The van der Waals surface area contributed by atoms with Crippen molar-refractivity contribution in [3.8, 4) is 0 Å². The van der Waals surface area contributed by atoms with E-state index in [0.29, 0.717) is 6.42 Å². The van der Waals surface area contributed by atoms with Gasteiger partial charge in [-0.15, -0.1) is 0 Å². The van der Waals surface area contributed by atoms with E-state index in [-0.39, 0.29) is 37.1 Å². The van der Waals surface area contributed by atoms with Crippen molar-refractivity contribution in [3.05, 3.63) is 35.9 Å². The molecule has 1 heterocycles. The van der Waals surface area contributed by atoms with Gasteiger partial charge in [-0.1, -0.05) is 49.6 Å². The maximum absolute atomic E-state index is 13.4. The third-order valence-corrected chi connectivity index (χ3v) is 6.41. The van der Waals surface area contributed by atoms with Crippen molar-refractivity contribution in [2.45, 2.75) is 69.7 Å². The molecule has 1 saturated heterocycles. The maximum atomic E-state index is 13.4. The van der Waals surface area contributed by atoms with Gasteiger partial charge in [0.2, 0.25) is 0 Å². The van der Waals surface area contributed by atoms with Crippen molar-refractivity contribution in [3.63, 3.8) is 0 Å². The number of nitrogens with one attached hydrogen (secondary N) is 2. The van der Waals surface area contributed by atoms with Crippen LogP contribution in [0.1, 0.15) is 50.5 Å². The Kier molecular flexibility index (Phi) is 8.21. The lowest BCUT2D eigenvalue weighted by atomic mass is 9.68. The maximum Gasteiger partial charge on any atom is 0.408 e. The summed E-state index contributed by atoms with van der Waals surface area (Å²) in [5, 5.41) is 24.1. The van der Waals surface area contributed by atoms with Crippen molar-refractivity contribution in [2.75, 3.05) is 0 Å². The van der Waals surface area contributed by atoms with Crippen LogP contribution in [0.2, 0.25) is 0 Å². The van der Waals surface area contributed by atoms with Gasteiger partial charge in [0.25, 0.3) is 0 Å². The Morgan fingerprint density at radius 1 is 1.09 bits per heavy atom. The summed E-state index contributed by atoms with van der Waals surface area (Å²) in [6.45, 7) is 0.0139. The molecule has 0 spiro atoms. The van der Waals surface area contributed by atoms with Crippen LogP contribution in [-0.2, 0) is 25.7 Å². The van der Waals surface area contributed by atoms with Gasteiger partial charge in [0, 0.05) is 6.42 Å². The molecule has 0 radical (unpaired) electrons. The van der Waals surface area contributed by atoms with E-state index in [1.165, 1.54) is 0 Å². The normalized spacial score (nSPS) is 25.8. The molecule has 4 unspecified atom stereocenters. The molecule has 1 aliphatic heterocycles. The minimum atomic E-state index is -1.09. The summed E-state index contributed by atoms with van der Waals surface area (Å²) in [5.74, 6) is -2.39. The number of amides is 1. The van der Waals surface area contributed by atoms with Crippen molar-refractivity contribution >= 4 is 23.8 Å². The summed E-state index contributed by atoms with van der Waals surface area (Å²) in [5.41, 5.74) is 0.777. The molecule has 9 nitrogen and oxygen atoms in total. The zero-order valence-corrected chi connectivity index (χ0v) is 17.9. The fourth-order valence-corrected chi connectivity index (χ4v) is 4.82. The number of carbonyl (C=O) groups excluding carboxylic acids is 2. The van der Waals surface area contributed by atoms with Gasteiger partial charge in [0.05, 0.1) is 12.1 Å². The van der Waals surface area contributed by atoms with Crippen LogP contribution in [0.4, 0.5) is 4.79 Å². The highest BCUT2D eigenvalue weighted by atomic mass is 16.5. The van der Waals surface area contributed by atoms with Crippen LogP contribution >= 0.6 is 0 Å². The van der Waals surface area contributed by atoms with E-state index < -0.39 is 36.2 Å². The van der Waals surface area contributed by atoms with E-state index in [4.69, 9.17) is 9.84 Å². The fraction of sp³-hybridized carbons (Fsp3) is 0.565. The quantitative estimate of drug-likeness (QED) is 0.453. The number of carboxylic acid groups (broad SMARTS) is 2.